The van der Waals surface area contributed by atoms with Crippen LogP contribution in [0, 0.1) is 34.9 Å². The Labute approximate surface area is 897 Å². The lowest BCUT2D eigenvalue weighted by Gasteiger charge is -2.24. The number of rotatable bonds is 30. The summed E-state index contributed by atoms with van der Waals surface area (Å²) in [7, 11) is -32.0. The molecule has 0 saturated heterocycles. The molecule has 0 heterocycles. The third kappa shape index (κ3) is 33.8. The number of nitrogens with one attached hydrogen (secondary N) is 6. The summed E-state index contributed by atoms with van der Waals surface area (Å²) in [4.78, 5) is 74.1. The second kappa shape index (κ2) is 53.9. The summed E-state index contributed by atoms with van der Waals surface area (Å²) < 4.78 is 652. The van der Waals surface area contributed by atoms with Gasteiger partial charge in [0.05, 0.1) is 172 Å². The minimum absolute atomic E-state index is 0.0555. The molecule has 30 nitrogen and oxygen atoms in total. The van der Waals surface area contributed by atoms with Crippen LogP contribution >= 0.6 is 69.6 Å². The number of esters is 6. The van der Waals surface area contributed by atoms with Gasteiger partial charge in [0.2, 0.25) is 60.1 Å². The van der Waals surface area contributed by atoms with Gasteiger partial charge in [-0.2, -0.15) is 0 Å². The minimum Gasteiger partial charge on any atom is -0.463 e. The molecule has 12 rings (SSSR count). The van der Waals surface area contributed by atoms with Gasteiger partial charge in [-0.1, -0.05) is 106 Å². The van der Waals surface area contributed by atoms with E-state index in [1.807, 2.05) is 0 Å². The van der Waals surface area contributed by atoms with Crippen LogP contribution in [0.25, 0.3) is 0 Å². The molecule has 6 aliphatic rings. The topological polar surface area (TPSA) is 435 Å². The number of anilines is 6. The molecule has 0 radical (unpaired) electrons. The average Bonchev–Trinajstić information content (AvgIpc) is 0.695. The second-order valence-corrected chi connectivity index (χ2v) is 37.8. The Morgan fingerprint density at radius 1 is 0.319 bits per heavy atom. The summed E-state index contributed by atoms with van der Waals surface area (Å²) in [6.45, 7) is 6.87. The van der Waals surface area contributed by atoms with Crippen molar-refractivity contribution in [2.45, 2.75) is 188 Å². The summed E-state index contributed by atoms with van der Waals surface area (Å²) in [6.07, 6.45) is -31.6. The van der Waals surface area contributed by atoms with Crippen LogP contribution < -0.4 is 28.3 Å². The molecule has 138 heavy (non-hydrogen) atoms. The SMILES string of the molecule is [2H]C1=C(C(=O)OCC)[C@H](S(=O)(=O)N([2H])c2c([2H])c([2H])c(F)c([2H])c2Cl)CC([2H])([2H])C1.[2H]C1=C(C(=O)OCC)[C@H](S(=O)(=O)N([2H])c2c([2H])c([2H])c(F)c([2H])c2Cl)CC([2H])([2H])C1([2H])[2H].[2H]C1=C(C(=O)OCC)[C@]([2H])(S(=O)(=O)N([2H])c2c([2H])c([2H])c(F)c([2H])c2Cl)CC([2H])([2H])C1.[2H]C1=C(C(=O)OCC)[C@]([2H])(S(=O)(=O)N([2H])c2c([2H])c([2H])c(F)c([2H])c2Cl)CC([2H])([2H])C1([2H])[2H].[2H]c1c([2H])c(N([2H])S(=O)(=O)[C@H]2C(C(=O)OCC)=CCCC2([2H])[2H])c(Cl)c([2H])c1F.[2H]c1c([2H])c(N([2H])S(=O)(=O)[C@]2([2H])CC([2H])([2H])C([2H])([2H])C=C2C(=O)OCC)c(Cl)c([2H])c1F. The Kier molecular flexibility index (Phi) is 24.2. The van der Waals surface area contributed by atoms with Crippen molar-refractivity contribution in [2.24, 2.45) is 0 Å². The quantitative estimate of drug-likeness (QED) is 0.0139. The zero-order valence-electron chi connectivity index (χ0n) is 120. The standard InChI is InChI=1S/6C15H17ClFNO4S/c6*1-2-22-15(19)11-5-3-4-6-14(11)23(20,21)18-13-8-7-10(17)9-12(13)16/h6*5,7-9,14,18H,2-4,6H2,1H3/t6*14-/m111111/s1/i3D2,4D2,5D,7D,8D,9D,14D;4D2,5D,7D,8D,9D,14D;3D2,4D2,7D,8D,9D,14D;3D2,4D2,5D,7D,8D,9D;4D2,5D,7D,8D,9D;6D2,7D,8D,9D/hD6. The summed E-state index contributed by atoms with van der Waals surface area (Å²) in [5, 5.41) is -22.6. The van der Waals surface area contributed by atoms with Gasteiger partial charge in [-0.05, 0) is 265 Å². The van der Waals surface area contributed by atoms with Gasteiger partial charge in [-0.3, -0.25) is 28.3 Å². The molecule has 0 spiro atoms. The van der Waals surface area contributed by atoms with E-state index in [4.69, 9.17) is 156 Å². The number of carbonyl (C=O) groups excluding carboxylic acids is 6. The van der Waals surface area contributed by atoms with Crippen LogP contribution in [0.1, 0.15) is 216 Å². The normalized spacial score (nSPS) is 28.5. The highest BCUT2D eigenvalue weighted by atomic mass is 35.5. The van der Waals surface area contributed by atoms with Gasteiger partial charge < -0.3 is 28.4 Å². The highest BCUT2D eigenvalue weighted by Crippen LogP contribution is 2.39. The monoisotopic (exact) mass is 2220 g/mol. The first-order valence-corrected chi connectivity index (χ1v) is 49.4. The van der Waals surface area contributed by atoms with Crippen molar-refractivity contribution >= 4 is 200 Å². The molecule has 6 aliphatic carbocycles. The maximum atomic E-state index is 13.9. The molecule has 48 heteroatoms. The molecule has 0 saturated carbocycles. The van der Waals surface area contributed by atoms with Gasteiger partial charge in [0, 0.05) is 24.7 Å². The first-order valence-electron chi connectivity index (χ1n) is 62.5. The Bertz CT molecular complexity index is 8950. The molecule has 6 N–H and O–H groups in total. The van der Waals surface area contributed by atoms with E-state index in [0.717, 1.165) is 0 Å². The van der Waals surface area contributed by atoms with E-state index in [1.165, 1.54) is 47.6 Å². The Balaban J connectivity index is 0.000000299. The molecule has 756 valence electrons. The van der Waals surface area contributed by atoms with Gasteiger partial charge in [0.15, 0.2) is 8.47 Å². The lowest BCUT2D eigenvalue weighted by Crippen LogP contribution is -2.34. The van der Waals surface area contributed by atoms with E-state index >= 15 is 0 Å². The van der Waals surface area contributed by atoms with Crippen LogP contribution in [-0.4, -0.2) is 157 Å². The van der Waals surface area contributed by atoms with Crippen LogP contribution in [0.2, 0.25) is 38.6 Å². The maximum Gasteiger partial charge on any atom is 0.335 e. The van der Waals surface area contributed by atoms with Gasteiger partial charge in [-0.15, -0.1) is 0 Å². The molecule has 0 amide bonds. The van der Waals surface area contributed by atoms with Gasteiger partial charge in [0.1, 0.15) is 66.3 Å². The first-order chi connectivity index (χ1) is 84.6. The second-order valence-electron chi connectivity index (χ2n) is 25.4. The van der Waals surface area contributed by atoms with Crippen molar-refractivity contribution < 1.29 is 201 Å². The van der Waals surface area contributed by atoms with Crippen molar-refractivity contribution in [3.05, 3.63) is 244 Å². The van der Waals surface area contributed by atoms with Crippen molar-refractivity contribution in [3.8, 4) is 0 Å². The van der Waals surface area contributed by atoms with Gasteiger partial charge in [0.25, 0.3) is 0 Å². The van der Waals surface area contributed by atoms with E-state index < -0.39 is 514 Å². The highest BCUT2D eigenvalue weighted by Gasteiger charge is 2.42. The number of halogens is 12. The molecule has 0 aliphatic heterocycles. The fourth-order valence-electron chi connectivity index (χ4n) is 10.4. The van der Waals surface area contributed by atoms with Crippen molar-refractivity contribution in [1.29, 1.82) is 0 Å². The molecular formula is C90H102Cl6F6N6O24S6. The zero-order chi connectivity index (χ0) is 145. The predicted octanol–water partition coefficient (Wildman–Crippen LogP) is 19.6. The number of sulfonamides is 6. The Morgan fingerprint density at radius 3 is 0.899 bits per heavy atom. The van der Waals surface area contributed by atoms with Crippen molar-refractivity contribution in [1.82, 2.24) is 0 Å². The molecule has 6 aromatic carbocycles. The van der Waals surface area contributed by atoms with Crippen molar-refractivity contribution in [2.75, 3.05) is 67.9 Å². The molecule has 0 fully saturated rings. The first kappa shape index (κ1) is 62.0. The van der Waals surface area contributed by atoms with E-state index in [-0.39, 0.29) is 61.9 Å². The molecule has 0 bridgehead atoms. The molecule has 6 aromatic rings. The molecule has 0 aromatic heterocycles. The number of hydrogen-bond donors (Lipinski definition) is 6. The fraction of sp³-hybridized carbons (Fsp3) is 0.400. The van der Waals surface area contributed by atoms with Crippen LogP contribution in [-0.2, 0) is 117 Å². The van der Waals surface area contributed by atoms with E-state index in [9.17, 15) is 106 Å². The molecule has 6 atom stereocenters. The smallest absolute Gasteiger partial charge is 0.335 e. The lowest BCUT2D eigenvalue weighted by molar-refractivity contribution is -0.139. The summed E-state index contributed by atoms with van der Waals surface area (Å²) in [6, 6.07) is -25.4. The zero-order valence-corrected chi connectivity index (χ0v) is 80.4. The van der Waals surface area contributed by atoms with E-state index in [0.29, 0.717) is 6.08 Å². The lowest BCUT2D eigenvalue weighted by atomic mass is 9.99. The van der Waals surface area contributed by atoms with Gasteiger partial charge >= 0.3 is 35.8 Å². The number of ether oxygens (including phenoxy) is 6. The highest BCUT2D eigenvalue weighted by molar-refractivity contribution is 7.95. The minimum atomic E-state index is -5.68. The number of hydrogen-bond acceptors (Lipinski definition) is 24. The summed E-state index contributed by atoms with van der Waals surface area (Å²) in [5.41, 5.74) is -12.3. The average molecular weight is 2220 g/mol. The largest absolute Gasteiger partial charge is 0.463 e. The van der Waals surface area contributed by atoms with E-state index in [2.05, 4.69) is 9.47 Å². The van der Waals surface area contributed by atoms with Crippen LogP contribution in [0.3, 0.4) is 0 Å². The van der Waals surface area contributed by atoms with Crippen LogP contribution in [0.5, 0.6) is 0 Å². The van der Waals surface area contributed by atoms with Crippen molar-refractivity contribution in [3.63, 3.8) is 0 Å². The molecule has 0 unspecified atom stereocenters. The fourth-order valence-corrected chi connectivity index (χ4v) is 19.1. The van der Waals surface area contributed by atoms with Gasteiger partial charge in [-0.25, -0.2) is 106 Å². The predicted molar refractivity (Wildman–Crippen MR) is 518 cm³/mol. The van der Waals surface area contributed by atoms with Crippen LogP contribution in [0.15, 0.2) is 179 Å². The maximum absolute atomic E-state index is 13.9. The third-order valence-corrected chi connectivity index (χ3v) is 26.6. The number of allylic oxidation sites excluding steroid dienone is 6. The van der Waals surface area contributed by atoms with E-state index in [1.54, 1.807) is 0 Å². The summed E-state index contributed by atoms with van der Waals surface area (Å²) in [5.74, 6) is -17.2. The third-order valence-electron chi connectivity index (χ3n) is 16.2. The Morgan fingerprint density at radius 2 is 0.558 bits per heavy atom. The number of benzene rings is 6. The number of carbonyl (C=O) groups is 6. The Hall–Kier alpha value is -9.60. The summed E-state index contributed by atoms with van der Waals surface area (Å²) >= 11 is 34.6. The van der Waals surface area contributed by atoms with Crippen LogP contribution in [0.4, 0.5) is 60.5 Å². The molecular weight excluding hydrogens is 2070 g/mol.